The first kappa shape index (κ1) is 12.7. The lowest BCUT2D eigenvalue weighted by molar-refractivity contribution is 0.240. The van der Waals surface area contributed by atoms with Crippen molar-refractivity contribution in [1.82, 2.24) is 15.2 Å². The Balaban J connectivity index is 1.85. The molecule has 19 heavy (non-hydrogen) atoms. The average Bonchev–Trinajstić information content (AvgIpc) is 2.83. The minimum Gasteiger partial charge on any atom is -0.307 e. The first-order chi connectivity index (χ1) is 9.26. The first-order valence-corrected chi connectivity index (χ1v) is 7.19. The highest BCUT2D eigenvalue weighted by Gasteiger charge is 2.20. The SMILES string of the molecule is CNCN1CCc2sc(-c3ccc(F)cc3)nc2C1. The fraction of sp³-hybridized carbons (Fsp3) is 0.357. The van der Waals surface area contributed by atoms with Crippen molar-refractivity contribution in [1.29, 1.82) is 0 Å². The van der Waals surface area contributed by atoms with Gasteiger partial charge in [-0.05, 0) is 37.7 Å². The number of hydrogen-bond donors (Lipinski definition) is 1. The molecule has 3 rings (SSSR count). The van der Waals surface area contributed by atoms with Crippen LogP contribution in [0.3, 0.4) is 0 Å². The molecule has 3 nitrogen and oxygen atoms in total. The molecule has 0 unspecified atom stereocenters. The highest BCUT2D eigenvalue weighted by atomic mass is 32.1. The average molecular weight is 277 g/mol. The summed E-state index contributed by atoms with van der Waals surface area (Å²) in [5.74, 6) is -0.203. The van der Waals surface area contributed by atoms with Gasteiger partial charge in [0.15, 0.2) is 0 Å². The molecule has 1 aromatic carbocycles. The molecule has 100 valence electrons. The Labute approximate surface area is 116 Å². The Morgan fingerprint density at radius 2 is 2.16 bits per heavy atom. The number of fused-ring (bicyclic) bond motifs is 1. The van der Waals surface area contributed by atoms with E-state index in [1.807, 2.05) is 7.05 Å². The third kappa shape index (κ3) is 2.68. The molecule has 0 atom stereocenters. The van der Waals surface area contributed by atoms with Crippen molar-refractivity contribution in [3.63, 3.8) is 0 Å². The molecule has 0 spiro atoms. The quantitative estimate of drug-likeness (QED) is 0.934. The monoisotopic (exact) mass is 277 g/mol. The Hall–Kier alpha value is -1.30. The minimum absolute atomic E-state index is 0.203. The van der Waals surface area contributed by atoms with Gasteiger partial charge in [0.05, 0.1) is 5.69 Å². The standard InChI is InChI=1S/C14H16FN3S/c1-16-9-18-7-6-13-12(8-18)17-14(19-13)10-2-4-11(15)5-3-10/h2-5,16H,6-9H2,1H3. The molecule has 5 heteroatoms. The summed E-state index contributed by atoms with van der Waals surface area (Å²) in [4.78, 5) is 8.42. The highest BCUT2D eigenvalue weighted by Crippen LogP contribution is 2.31. The van der Waals surface area contributed by atoms with Gasteiger partial charge in [-0.25, -0.2) is 9.37 Å². The Morgan fingerprint density at radius 1 is 1.37 bits per heavy atom. The molecular formula is C14H16FN3S. The summed E-state index contributed by atoms with van der Waals surface area (Å²) in [6.45, 7) is 2.86. The van der Waals surface area contributed by atoms with Gasteiger partial charge in [-0.2, -0.15) is 0 Å². The molecular weight excluding hydrogens is 261 g/mol. The first-order valence-electron chi connectivity index (χ1n) is 6.38. The Kier molecular flexibility index (Phi) is 3.59. The van der Waals surface area contributed by atoms with E-state index in [0.29, 0.717) is 0 Å². The van der Waals surface area contributed by atoms with Crippen LogP contribution in [0.2, 0.25) is 0 Å². The van der Waals surface area contributed by atoms with E-state index in [-0.39, 0.29) is 5.82 Å². The number of benzene rings is 1. The summed E-state index contributed by atoms with van der Waals surface area (Å²) in [6, 6.07) is 6.57. The van der Waals surface area contributed by atoms with E-state index in [9.17, 15) is 4.39 Å². The van der Waals surface area contributed by atoms with Crippen molar-refractivity contribution in [3.8, 4) is 10.6 Å². The predicted molar refractivity (Wildman–Crippen MR) is 75.5 cm³/mol. The van der Waals surface area contributed by atoms with E-state index in [0.717, 1.165) is 36.8 Å². The van der Waals surface area contributed by atoms with E-state index < -0.39 is 0 Å². The van der Waals surface area contributed by atoms with Crippen LogP contribution in [-0.2, 0) is 13.0 Å². The zero-order valence-electron chi connectivity index (χ0n) is 10.8. The summed E-state index contributed by atoms with van der Waals surface area (Å²) in [5.41, 5.74) is 2.17. The van der Waals surface area contributed by atoms with Crippen molar-refractivity contribution >= 4 is 11.3 Å². The largest absolute Gasteiger partial charge is 0.307 e. The van der Waals surface area contributed by atoms with Gasteiger partial charge in [0, 0.05) is 30.2 Å². The van der Waals surface area contributed by atoms with Crippen LogP contribution in [-0.4, -0.2) is 30.1 Å². The van der Waals surface area contributed by atoms with E-state index in [4.69, 9.17) is 4.98 Å². The third-order valence-electron chi connectivity index (χ3n) is 3.28. The van der Waals surface area contributed by atoms with Gasteiger partial charge in [-0.3, -0.25) is 4.90 Å². The molecule has 2 heterocycles. The zero-order chi connectivity index (χ0) is 13.2. The van der Waals surface area contributed by atoms with Crippen LogP contribution in [0.15, 0.2) is 24.3 Å². The number of rotatable bonds is 3. The second-order valence-corrected chi connectivity index (χ2v) is 5.79. The summed E-state index contributed by atoms with van der Waals surface area (Å²) in [7, 11) is 1.96. The van der Waals surface area contributed by atoms with Crippen molar-refractivity contribution in [2.24, 2.45) is 0 Å². The molecule has 2 aromatic rings. The molecule has 0 amide bonds. The molecule has 0 fully saturated rings. The molecule has 0 saturated heterocycles. The number of hydrogen-bond acceptors (Lipinski definition) is 4. The normalized spacial score (nSPS) is 15.5. The molecule has 0 aliphatic carbocycles. The highest BCUT2D eigenvalue weighted by molar-refractivity contribution is 7.15. The molecule has 1 aliphatic rings. The molecule has 0 bridgehead atoms. The van der Waals surface area contributed by atoms with Crippen molar-refractivity contribution in [3.05, 3.63) is 40.7 Å². The number of aromatic nitrogens is 1. The fourth-order valence-electron chi connectivity index (χ4n) is 2.33. The van der Waals surface area contributed by atoms with E-state index in [2.05, 4.69) is 10.2 Å². The smallest absolute Gasteiger partial charge is 0.123 e. The maximum atomic E-state index is 12.9. The molecule has 0 saturated carbocycles. The molecule has 1 aliphatic heterocycles. The number of thiazole rings is 1. The van der Waals surface area contributed by atoms with Crippen LogP contribution in [0, 0.1) is 5.82 Å². The second-order valence-electron chi connectivity index (χ2n) is 4.71. The number of nitrogens with one attached hydrogen (secondary N) is 1. The Bertz CT molecular complexity index is 565. The minimum atomic E-state index is -0.203. The predicted octanol–water partition coefficient (Wildman–Crippen LogP) is 2.48. The topological polar surface area (TPSA) is 28.2 Å². The molecule has 1 aromatic heterocycles. The van der Waals surface area contributed by atoms with Crippen LogP contribution in [0.5, 0.6) is 0 Å². The molecule has 0 radical (unpaired) electrons. The van der Waals surface area contributed by atoms with E-state index >= 15 is 0 Å². The van der Waals surface area contributed by atoms with Gasteiger partial charge in [-0.1, -0.05) is 0 Å². The van der Waals surface area contributed by atoms with Gasteiger partial charge in [0.2, 0.25) is 0 Å². The van der Waals surface area contributed by atoms with E-state index in [1.165, 1.54) is 22.7 Å². The third-order valence-corrected chi connectivity index (χ3v) is 4.49. The van der Waals surface area contributed by atoms with Crippen LogP contribution in [0.25, 0.3) is 10.6 Å². The van der Waals surface area contributed by atoms with Gasteiger partial charge >= 0.3 is 0 Å². The maximum Gasteiger partial charge on any atom is 0.123 e. The van der Waals surface area contributed by atoms with E-state index in [1.54, 1.807) is 23.5 Å². The van der Waals surface area contributed by atoms with Crippen LogP contribution < -0.4 is 5.32 Å². The summed E-state index contributed by atoms with van der Waals surface area (Å²) in [5, 5.41) is 4.17. The number of nitrogens with zero attached hydrogens (tertiary/aromatic N) is 2. The van der Waals surface area contributed by atoms with Crippen molar-refractivity contribution < 1.29 is 4.39 Å². The van der Waals surface area contributed by atoms with Crippen molar-refractivity contribution in [2.45, 2.75) is 13.0 Å². The van der Waals surface area contributed by atoms with Gasteiger partial charge in [-0.15, -0.1) is 11.3 Å². The van der Waals surface area contributed by atoms with Crippen LogP contribution >= 0.6 is 11.3 Å². The summed E-state index contributed by atoms with van der Waals surface area (Å²) >= 11 is 1.73. The Morgan fingerprint density at radius 3 is 2.89 bits per heavy atom. The van der Waals surface area contributed by atoms with Gasteiger partial charge in [0.1, 0.15) is 10.8 Å². The maximum absolute atomic E-state index is 12.9. The fourth-order valence-corrected chi connectivity index (χ4v) is 3.39. The van der Waals surface area contributed by atoms with Gasteiger partial charge < -0.3 is 5.32 Å². The summed E-state index contributed by atoms with van der Waals surface area (Å²) < 4.78 is 12.9. The van der Waals surface area contributed by atoms with Crippen molar-refractivity contribution in [2.75, 3.05) is 20.3 Å². The summed E-state index contributed by atoms with van der Waals surface area (Å²) in [6.07, 6.45) is 1.05. The zero-order valence-corrected chi connectivity index (χ0v) is 11.6. The second kappa shape index (κ2) is 5.36. The lowest BCUT2D eigenvalue weighted by atomic mass is 10.2. The number of halogens is 1. The van der Waals surface area contributed by atoms with Crippen LogP contribution in [0.1, 0.15) is 10.6 Å². The van der Waals surface area contributed by atoms with Crippen LogP contribution in [0.4, 0.5) is 4.39 Å². The van der Waals surface area contributed by atoms with Gasteiger partial charge in [0.25, 0.3) is 0 Å². The lowest BCUT2D eigenvalue weighted by Crippen LogP contribution is -2.36. The molecule has 1 N–H and O–H groups in total. The lowest BCUT2D eigenvalue weighted by Gasteiger charge is -2.25.